The molecule has 2 rings (SSSR count). The van der Waals surface area contributed by atoms with Gasteiger partial charge in [-0.05, 0) is 12.8 Å². The maximum absolute atomic E-state index is 12.4. The number of amides is 2. The van der Waals surface area contributed by atoms with Crippen LogP contribution in [0.3, 0.4) is 0 Å². The molecule has 0 unspecified atom stereocenters. The van der Waals surface area contributed by atoms with Crippen LogP contribution in [0.4, 0.5) is 5.13 Å². The standard InChI is InChI=1S/C15H24N4O3S/c1-15(2,3)13(21)19-7-5-6-10(8-19)12(20)16-14-18-17-11(23-14)9-22-4/h10H,5-9H2,1-4H3,(H,16,18,20)/t10-/m0/s1. The van der Waals surface area contributed by atoms with Crippen molar-refractivity contribution in [3.05, 3.63) is 5.01 Å². The summed E-state index contributed by atoms with van der Waals surface area (Å²) in [5.41, 5.74) is -0.424. The second-order valence-electron chi connectivity index (χ2n) is 6.76. The van der Waals surface area contributed by atoms with Crippen LogP contribution >= 0.6 is 11.3 Å². The van der Waals surface area contributed by atoms with E-state index in [1.165, 1.54) is 11.3 Å². The first kappa shape index (κ1) is 17.8. The molecule has 7 nitrogen and oxygen atoms in total. The summed E-state index contributed by atoms with van der Waals surface area (Å²) in [6.07, 6.45) is 1.62. The number of likely N-dealkylation sites (tertiary alicyclic amines) is 1. The van der Waals surface area contributed by atoms with E-state index < -0.39 is 5.41 Å². The Labute approximate surface area is 140 Å². The molecule has 1 aliphatic rings. The lowest BCUT2D eigenvalue weighted by Crippen LogP contribution is -2.47. The van der Waals surface area contributed by atoms with Crippen LogP contribution in [0.15, 0.2) is 0 Å². The first-order valence-electron chi connectivity index (χ1n) is 7.73. The summed E-state index contributed by atoms with van der Waals surface area (Å²) in [5, 5.41) is 11.9. The number of aromatic nitrogens is 2. The molecule has 2 heterocycles. The quantitative estimate of drug-likeness (QED) is 0.905. The molecule has 1 aromatic heterocycles. The van der Waals surface area contributed by atoms with Gasteiger partial charge >= 0.3 is 0 Å². The molecule has 1 atom stereocenters. The Bertz CT molecular complexity index is 567. The van der Waals surface area contributed by atoms with Gasteiger partial charge in [-0.3, -0.25) is 9.59 Å². The number of anilines is 1. The van der Waals surface area contributed by atoms with E-state index in [0.29, 0.717) is 18.3 Å². The molecular formula is C15H24N4O3S. The van der Waals surface area contributed by atoms with Gasteiger partial charge in [0.2, 0.25) is 16.9 Å². The van der Waals surface area contributed by atoms with Crippen molar-refractivity contribution < 1.29 is 14.3 Å². The molecular weight excluding hydrogens is 316 g/mol. The number of hydrogen-bond acceptors (Lipinski definition) is 6. The van der Waals surface area contributed by atoms with Crippen molar-refractivity contribution in [3.8, 4) is 0 Å². The zero-order valence-corrected chi connectivity index (χ0v) is 14.9. The van der Waals surface area contributed by atoms with Gasteiger partial charge < -0.3 is 15.0 Å². The van der Waals surface area contributed by atoms with Gasteiger partial charge in [-0.25, -0.2) is 0 Å². The van der Waals surface area contributed by atoms with Gasteiger partial charge in [0.15, 0.2) is 0 Å². The Hall–Kier alpha value is -1.54. The van der Waals surface area contributed by atoms with Gasteiger partial charge in [0.25, 0.3) is 0 Å². The van der Waals surface area contributed by atoms with E-state index in [-0.39, 0.29) is 17.7 Å². The van der Waals surface area contributed by atoms with Crippen molar-refractivity contribution in [2.45, 2.75) is 40.2 Å². The SMILES string of the molecule is COCc1nnc(NC(=O)[C@H]2CCCN(C(=O)C(C)(C)C)C2)s1. The third kappa shape index (κ3) is 4.71. The lowest BCUT2D eigenvalue weighted by molar-refractivity contribution is -0.142. The fraction of sp³-hybridized carbons (Fsp3) is 0.733. The highest BCUT2D eigenvalue weighted by molar-refractivity contribution is 7.15. The van der Waals surface area contributed by atoms with E-state index in [4.69, 9.17) is 4.74 Å². The zero-order valence-electron chi connectivity index (χ0n) is 14.1. The minimum absolute atomic E-state index is 0.0910. The third-order valence-electron chi connectivity index (χ3n) is 3.69. The summed E-state index contributed by atoms with van der Waals surface area (Å²) >= 11 is 1.30. The van der Waals surface area contributed by atoms with Crippen molar-refractivity contribution in [1.82, 2.24) is 15.1 Å². The van der Waals surface area contributed by atoms with Crippen LogP contribution in [0.2, 0.25) is 0 Å². The summed E-state index contributed by atoms with van der Waals surface area (Å²) in [6.45, 7) is 7.26. The number of rotatable bonds is 4. The molecule has 1 fully saturated rings. The molecule has 0 radical (unpaired) electrons. The smallest absolute Gasteiger partial charge is 0.231 e. The largest absolute Gasteiger partial charge is 0.377 e. The predicted octanol–water partition coefficient (Wildman–Crippen LogP) is 1.91. The number of nitrogens with zero attached hydrogens (tertiary/aromatic N) is 3. The highest BCUT2D eigenvalue weighted by atomic mass is 32.1. The van der Waals surface area contributed by atoms with Gasteiger partial charge in [0.05, 0.1) is 5.92 Å². The molecule has 1 aromatic rings. The number of carbonyl (C=O) groups is 2. The average molecular weight is 340 g/mol. The van der Waals surface area contributed by atoms with Crippen LogP contribution in [0.25, 0.3) is 0 Å². The number of nitrogens with one attached hydrogen (secondary N) is 1. The first-order valence-corrected chi connectivity index (χ1v) is 8.54. The Morgan fingerprint density at radius 1 is 1.39 bits per heavy atom. The number of hydrogen-bond donors (Lipinski definition) is 1. The van der Waals surface area contributed by atoms with Crippen molar-refractivity contribution in [2.24, 2.45) is 11.3 Å². The Kier molecular flexibility index (Phi) is 5.69. The second-order valence-corrected chi connectivity index (χ2v) is 7.83. The Morgan fingerprint density at radius 3 is 2.78 bits per heavy atom. The maximum atomic E-state index is 12.4. The minimum atomic E-state index is -0.424. The summed E-state index contributed by atoms with van der Waals surface area (Å²) in [6, 6.07) is 0. The van der Waals surface area contributed by atoms with Gasteiger partial charge in [0, 0.05) is 25.6 Å². The van der Waals surface area contributed by atoms with Crippen molar-refractivity contribution in [2.75, 3.05) is 25.5 Å². The van der Waals surface area contributed by atoms with E-state index in [1.54, 1.807) is 12.0 Å². The molecule has 128 valence electrons. The third-order valence-corrected chi connectivity index (χ3v) is 4.50. The summed E-state index contributed by atoms with van der Waals surface area (Å²) < 4.78 is 4.99. The molecule has 0 aliphatic carbocycles. The molecule has 8 heteroatoms. The van der Waals surface area contributed by atoms with E-state index in [9.17, 15) is 9.59 Å². The van der Waals surface area contributed by atoms with E-state index in [0.717, 1.165) is 24.4 Å². The average Bonchev–Trinajstić information content (AvgIpc) is 2.93. The van der Waals surface area contributed by atoms with Gasteiger partial charge in [-0.1, -0.05) is 32.1 Å². The monoisotopic (exact) mass is 340 g/mol. The van der Waals surface area contributed by atoms with Gasteiger partial charge in [-0.2, -0.15) is 0 Å². The molecule has 0 spiro atoms. The van der Waals surface area contributed by atoms with E-state index in [2.05, 4.69) is 15.5 Å². The molecule has 0 aromatic carbocycles. The van der Waals surface area contributed by atoms with Crippen LogP contribution in [-0.2, 0) is 20.9 Å². The fourth-order valence-electron chi connectivity index (χ4n) is 2.54. The topological polar surface area (TPSA) is 84.4 Å². The zero-order chi connectivity index (χ0) is 17.0. The normalized spacial score (nSPS) is 18.8. The number of carbonyl (C=O) groups excluding carboxylic acids is 2. The molecule has 2 amide bonds. The molecule has 1 saturated heterocycles. The van der Waals surface area contributed by atoms with Crippen LogP contribution < -0.4 is 5.32 Å². The van der Waals surface area contributed by atoms with Crippen LogP contribution in [0, 0.1) is 11.3 Å². The maximum Gasteiger partial charge on any atom is 0.231 e. The Balaban J connectivity index is 1.95. The lowest BCUT2D eigenvalue weighted by Gasteiger charge is -2.35. The molecule has 1 aliphatic heterocycles. The lowest BCUT2D eigenvalue weighted by atomic mass is 9.91. The fourth-order valence-corrected chi connectivity index (χ4v) is 3.26. The van der Waals surface area contributed by atoms with Crippen molar-refractivity contribution in [3.63, 3.8) is 0 Å². The molecule has 23 heavy (non-hydrogen) atoms. The first-order chi connectivity index (χ1) is 10.8. The molecule has 0 saturated carbocycles. The predicted molar refractivity (Wildman–Crippen MR) is 88.0 cm³/mol. The highest BCUT2D eigenvalue weighted by Gasteiger charge is 2.33. The number of ether oxygens (including phenoxy) is 1. The molecule has 0 bridgehead atoms. The van der Waals surface area contributed by atoms with Crippen LogP contribution in [0.1, 0.15) is 38.6 Å². The van der Waals surface area contributed by atoms with Gasteiger partial charge in [0.1, 0.15) is 11.6 Å². The van der Waals surface area contributed by atoms with E-state index in [1.807, 2.05) is 20.8 Å². The van der Waals surface area contributed by atoms with E-state index >= 15 is 0 Å². The van der Waals surface area contributed by atoms with Crippen molar-refractivity contribution >= 4 is 28.3 Å². The summed E-state index contributed by atoms with van der Waals surface area (Å²) in [7, 11) is 1.59. The number of methoxy groups -OCH3 is 1. The van der Waals surface area contributed by atoms with Crippen LogP contribution in [0.5, 0.6) is 0 Å². The van der Waals surface area contributed by atoms with Crippen LogP contribution in [-0.4, -0.2) is 47.1 Å². The van der Waals surface area contributed by atoms with Gasteiger partial charge in [-0.15, -0.1) is 10.2 Å². The second kappa shape index (κ2) is 7.35. The summed E-state index contributed by atoms with van der Waals surface area (Å²) in [4.78, 5) is 26.6. The molecule has 1 N–H and O–H groups in total. The minimum Gasteiger partial charge on any atom is -0.377 e. The van der Waals surface area contributed by atoms with Crippen molar-refractivity contribution in [1.29, 1.82) is 0 Å². The number of piperidine rings is 1. The highest BCUT2D eigenvalue weighted by Crippen LogP contribution is 2.25. The summed E-state index contributed by atoms with van der Waals surface area (Å²) in [5.74, 6) is -0.213. The Morgan fingerprint density at radius 2 is 2.13 bits per heavy atom.